The number of nitrogens with zero attached hydrogens (tertiary/aromatic N) is 2. The molecule has 0 radical (unpaired) electrons. The number of aliphatic hydroxyl groups is 1. The molecule has 1 heterocycles. The van der Waals surface area contributed by atoms with E-state index < -0.39 is 0 Å². The Morgan fingerprint density at radius 2 is 2.28 bits per heavy atom. The molecule has 1 aliphatic rings. The number of hydrogen-bond acceptors (Lipinski definition) is 6. The summed E-state index contributed by atoms with van der Waals surface area (Å²) in [4.78, 5) is 8.42. The van der Waals surface area contributed by atoms with Gasteiger partial charge in [-0.2, -0.15) is 16.7 Å². The molecule has 2 rings (SSSR count). The van der Waals surface area contributed by atoms with E-state index in [9.17, 15) is 5.11 Å². The fraction of sp³-hybridized carbons (Fsp3) is 0.667. The molecule has 1 aliphatic carbocycles. The van der Waals surface area contributed by atoms with Gasteiger partial charge < -0.3 is 16.2 Å². The van der Waals surface area contributed by atoms with E-state index in [1.54, 1.807) is 0 Å². The van der Waals surface area contributed by atoms with Crippen molar-refractivity contribution in [3.05, 3.63) is 11.8 Å². The number of nitrogen functional groups attached to an aromatic ring is 1. The highest BCUT2D eigenvalue weighted by atomic mass is 32.2. The van der Waals surface area contributed by atoms with Gasteiger partial charge in [-0.05, 0) is 31.3 Å². The molecule has 1 fully saturated rings. The van der Waals surface area contributed by atoms with Crippen LogP contribution in [0.5, 0.6) is 0 Å². The smallest absolute Gasteiger partial charge is 0.222 e. The number of thioether (sulfide) groups is 1. The van der Waals surface area contributed by atoms with Crippen molar-refractivity contribution in [3.63, 3.8) is 0 Å². The quantitative estimate of drug-likeness (QED) is 0.677. The van der Waals surface area contributed by atoms with Crippen molar-refractivity contribution >= 4 is 23.5 Å². The minimum atomic E-state index is -0.177. The highest BCUT2D eigenvalue weighted by Gasteiger charge is 2.30. The van der Waals surface area contributed by atoms with Crippen LogP contribution in [0.25, 0.3) is 0 Å². The van der Waals surface area contributed by atoms with Crippen molar-refractivity contribution in [1.29, 1.82) is 0 Å². The number of hydrogen-bond donors (Lipinski definition) is 3. The van der Waals surface area contributed by atoms with Crippen LogP contribution in [0.4, 0.5) is 11.8 Å². The fourth-order valence-corrected chi connectivity index (χ4v) is 2.48. The first-order valence-corrected chi connectivity index (χ1v) is 7.63. The molecule has 1 aromatic heterocycles. The largest absolute Gasteiger partial charge is 0.393 e. The van der Waals surface area contributed by atoms with Crippen LogP contribution < -0.4 is 11.1 Å². The molecule has 0 aromatic carbocycles. The van der Waals surface area contributed by atoms with E-state index in [4.69, 9.17) is 5.73 Å². The summed E-state index contributed by atoms with van der Waals surface area (Å²) in [5.74, 6) is 2.56. The Labute approximate surface area is 112 Å². The number of aromatic nitrogens is 2. The second kappa shape index (κ2) is 6.24. The molecule has 6 heteroatoms. The molecule has 0 bridgehead atoms. The van der Waals surface area contributed by atoms with Gasteiger partial charge in [-0.1, -0.05) is 0 Å². The molecule has 0 saturated heterocycles. The summed E-state index contributed by atoms with van der Waals surface area (Å²) in [7, 11) is 0. The molecule has 0 atom stereocenters. The maximum Gasteiger partial charge on any atom is 0.222 e. The van der Waals surface area contributed by atoms with E-state index in [2.05, 4.69) is 21.5 Å². The van der Waals surface area contributed by atoms with Crippen LogP contribution in [0.2, 0.25) is 0 Å². The molecule has 1 saturated carbocycles. The van der Waals surface area contributed by atoms with Crippen LogP contribution in [-0.2, 0) is 0 Å². The van der Waals surface area contributed by atoms with Crippen molar-refractivity contribution < 1.29 is 5.11 Å². The average Bonchev–Trinajstić information content (AvgIpc) is 2.30. The zero-order valence-corrected chi connectivity index (χ0v) is 11.4. The van der Waals surface area contributed by atoms with Gasteiger partial charge in [0.05, 0.1) is 11.8 Å². The molecule has 0 aliphatic heterocycles. The number of anilines is 2. The minimum absolute atomic E-state index is 0.177. The molecular weight excluding hydrogens is 248 g/mol. The normalized spacial score (nSPS) is 22.6. The van der Waals surface area contributed by atoms with Gasteiger partial charge in [-0.15, -0.1) is 0 Å². The van der Waals surface area contributed by atoms with Crippen LogP contribution >= 0.6 is 11.8 Å². The van der Waals surface area contributed by atoms with Crippen molar-refractivity contribution in [2.75, 3.05) is 29.6 Å². The Bertz CT molecular complexity index is 396. The summed E-state index contributed by atoms with van der Waals surface area (Å²) in [5.41, 5.74) is 6.66. The Balaban J connectivity index is 1.93. The van der Waals surface area contributed by atoms with E-state index >= 15 is 0 Å². The third-order valence-corrected chi connectivity index (χ3v) is 3.82. The molecule has 5 nitrogen and oxygen atoms in total. The van der Waals surface area contributed by atoms with E-state index in [0.29, 0.717) is 11.9 Å². The lowest BCUT2D eigenvalue weighted by Gasteiger charge is -2.30. The molecule has 1 aromatic rings. The standard InChI is InChI=1S/C12H20N4OS/c1-18-4-2-3-14-11-7-10(15-12(13)16-11)8-5-9(17)6-8/h7-9,17H,2-6H2,1H3,(H3,13,14,15,16). The van der Waals surface area contributed by atoms with Gasteiger partial charge in [0.1, 0.15) is 5.82 Å². The second-order valence-corrected chi connectivity index (χ2v) is 5.62. The third-order valence-electron chi connectivity index (χ3n) is 3.13. The van der Waals surface area contributed by atoms with Gasteiger partial charge in [-0.25, -0.2) is 4.98 Å². The topological polar surface area (TPSA) is 84.1 Å². The number of nitrogens with two attached hydrogens (primary N) is 1. The maximum absolute atomic E-state index is 9.33. The second-order valence-electron chi connectivity index (χ2n) is 4.63. The first kappa shape index (κ1) is 13.4. The summed E-state index contributed by atoms with van der Waals surface area (Å²) in [6.07, 6.45) is 4.58. The van der Waals surface area contributed by atoms with E-state index in [-0.39, 0.29) is 6.10 Å². The van der Waals surface area contributed by atoms with Crippen molar-refractivity contribution in [3.8, 4) is 0 Å². The van der Waals surface area contributed by atoms with Crippen LogP contribution in [0.3, 0.4) is 0 Å². The highest BCUT2D eigenvalue weighted by Crippen LogP contribution is 2.36. The van der Waals surface area contributed by atoms with Gasteiger partial charge in [0, 0.05) is 18.5 Å². The summed E-state index contributed by atoms with van der Waals surface area (Å²) in [6.45, 7) is 0.893. The van der Waals surface area contributed by atoms with Crippen LogP contribution in [0.15, 0.2) is 6.07 Å². The average molecular weight is 268 g/mol. The predicted octanol–water partition coefficient (Wildman–Crippen LogP) is 1.46. The summed E-state index contributed by atoms with van der Waals surface area (Å²) >= 11 is 1.84. The molecule has 0 unspecified atom stereocenters. The molecular formula is C12H20N4OS. The number of rotatable bonds is 6. The zero-order chi connectivity index (χ0) is 13.0. The summed E-state index contributed by atoms with van der Waals surface area (Å²) in [6, 6.07) is 1.95. The molecule has 4 N–H and O–H groups in total. The Kier molecular flexibility index (Phi) is 4.66. The van der Waals surface area contributed by atoms with E-state index in [1.807, 2.05) is 17.8 Å². The monoisotopic (exact) mass is 268 g/mol. The third kappa shape index (κ3) is 3.49. The van der Waals surface area contributed by atoms with Gasteiger partial charge in [0.2, 0.25) is 5.95 Å². The molecule has 18 heavy (non-hydrogen) atoms. The minimum Gasteiger partial charge on any atom is -0.393 e. The van der Waals surface area contributed by atoms with E-state index in [1.165, 1.54) is 0 Å². The summed E-state index contributed by atoms with van der Waals surface area (Å²) in [5, 5.41) is 12.6. The summed E-state index contributed by atoms with van der Waals surface area (Å²) < 4.78 is 0. The van der Waals surface area contributed by atoms with E-state index in [0.717, 1.165) is 43.1 Å². The Morgan fingerprint density at radius 1 is 1.50 bits per heavy atom. The highest BCUT2D eigenvalue weighted by molar-refractivity contribution is 7.98. The maximum atomic E-state index is 9.33. The molecule has 100 valence electrons. The van der Waals surface area contributed by atoms with Gasteiger partial charge in [-0.3, -0.25) is 0 Å². The number of nitrogens with one attached hydrogen (secondary N) is 1. The van der Waals surface area contributed by atoms with Gasteiger partial charge in [0.15, 0.2) is 0 Å². The van der Waals surface area contributed by atoms with Crippen LogP contribution in [0.1, 0.15) is 30.9 Å². The van der Waals surface area contributed by atoms with Crippen molar-refractivity contribution in [2.24, 2.45) is 0 Å². The van der Waals surface area contributed by atoms with Crippen molar-refractivity contribution in [1.82, 2.24) is 9.97 Å². The first-order valence-electron chi connectivity index (χ1n) is 6.24. The van der Waals surface area contributed by atoms with Gasteiger partial charge >= 0.3 is 0 Å². The lowest BCUT2D eigenvalue weighted by molar-refractivity contribution is 0.0732. The van der Waals surface area contributed by atoms with Crippen LogP contribution in [-0.4, -0.2) is 39.7 Å². The zero-order valence-electron chi connectivity index (χ0n) is 10.6. The Morgan fingerprint density at radius 3 is 2.94 bits per heavy atom. The molecule has 0 spiro atoms. The Hall–Kier alpha value is -1.01. The van der Waals surface area contributed by atoms with Crippen molar-refractivity contribution in [2.45, 2.75) is 31.3 Å². The predicted molar refractivity (Wildman–Crippen MR) is 75.9 cm³/mol. The molecule has 0 amide bonds. The first-order chi connectivity index (χ1) is 8.69. The lowest BCUT2D eigenvalue weighted by atomic mass is 9.80. The van der Waals surface area contributed by atoms with Crippen LogP contribution in [0, 0.1) is 0 Å². The lowest BCUT2D eigenvalue weighted by Crippen LogP contribution is -2.27. The SMILES string of the molecule is CSCCCNc1cc(C2CC(O)C2)nc(N)n1. The van der Waals surface area contributed by atoms with Gasteiger partial charge in [0.25, 0.3) is 0 Å². The number of aliphatic hydroxyl groups excluding tert-OH is 1. The fourth-order valence-electron chi connectivity index (χ4n) is 2.05.